The van der Waals surface area contributed by atoms with Gasteiger partial charge in [0.05, 0.1) is 13.0 Å². The third kappa shape index (κ3) is 5.12. The second-order valence-corrected chi connectivity index (χ2v) is 4.58. The molecule has 0 aliphatic rings. The van der Waals surface area contributed by atoms with Crippen molar-refractivity contribution in [2.24, 2.45) is 0 Å². The summed E-state index contributed by atoms with van der Waals surface area (Å²) in [6, 6.07) is 7.36. The highest BCUT2D eigenvalue weighted by Gasteiger charge is 2.10. The van der Waals surface area contributed by atoms with Gasteiger partial charge in [0.1, 0.15) is 0 Å². The number of rotatable bonds is 7. The summed E-state index contributed by atoms with van der Waals surface area (Å²) in [7, 11) is 3.89. The Morgan fingerprint density at radius 1 is 1.11 bits per heavy atom. The number of hydrogen-bond donors (Lipinski definition) is 0. The first kappa shape index (κ1) is 15.2. The first-order valence-electron chi connectivity index (χ1n) is 6.50. The quantitative estimate of drug-likeness (QED) is 0.560. The number of nitrogens with zero attached hydrogens (tertiary/aromatic N) is 1. The Kier molecular flexibility index (Phi) is 6.06. The van der Waals surface area contributed by atoms with Crippen molar-refractivity contribution in [3.05, 3.63) is 29.8 Å². The molecule has 0 aliphatic carbocycles. The summed E-state index contributed by atoms with van der Waals surface area (Å²) in [5.41, 5.74) is 1.67. The van der Waals surface area contributed by atoms with E-state index in [0.29, 0.717) is 12.2 Å². The fourth-order valence-corrected chi connectivity index (χ4v) is 1.59. The Bertz CT molecular complexity index is 424. The van der Waals surface area contributed by atoms with Crippen LogP contribution in [0, 0.1) is 0 Å². The molecule has 0 amide bonds. The van der Waals surface area contributed by atoms with Crippen LogP contribution in [0.25, 0.3) is 0 Å². The minimum atomic E-state index is -0.305. The largest absolute Gasteiger partial charge is 0.466 e. The third-order valence-corrected chi connectivity index (χ3v) is 2.73. The van der Waals surface area contributed by atoms with Crippen molar-refractivity contribution < 1.29 is 14.3 Å². The van der Waals surface area contributed by atoms with Crippen LogP contribution in [0.5, 0.6) is 0 Å². The number of carbonyl (C=O) groups excluding carboxylic acids is 2. The van der Waals surface area contributed by atoms with Crippen LogP contribution in [0.3, 0.4) is 0 Å². The highest BCUT2D eigenvalue weighted by atomic mass is 16.5. The molecule has 0 aliphatic heterocycles. The number of ketones is 1. The first-order valence-corrected chi connectivity index (χ1v) is 6.50. The van der Waals surface area contributed by atoms with Gasteiger partial charge in [0, 0.05) is 31.8 Å². The zero-order valence-electron chi connectivity index (χ0n) is 11.8. The van der Waals surface area contributed by atoms with Crippen LogP contribution in [0.1, 0.15) is 36.5 Å². The van der Waals surface area contributed by atoms with E-state index < -0.39 is 0 Å². The van der Waals surface area contributed by atoms with Crippen LogP contribution in [0.4, 0.5) is 5.69 Å². The molecule has 0 saturated heterocycles. The Morgan fingerprint density at radius 2 is 1.74 bits per heavy atom. The lowest BCUT2D eigenvalue weighted by molar-refractivity contribution is -0.143. The van der Waals surface area contributed by atoms with Gasteiger partial charge in [-0.15, -0.1) is 0 Å². The Morgan fingerprint density at radius 3 is 2.26 bits per heavy atom. The SMILES string of the molecule is CCCOC(=O)CCC(=O)c1ccc(N(C)C)cc1. The molecule has 0 heterocycles. The van der Waals surface area contributed by atoms with E-state index in [-0.39, 0.29) is 24.6 Å². The molecule has 104 valence electrons. The summed E-state index contributed by atoms with van der Waals surface area (Å²) in [6.07, 6.45) is 1.14. The molecule has 0 unspecified atom stereocenters. The van der Waals surface area contributed by atoms with Gasteiger partial charge in [-0.3, -0.25) is 9.59 Å². The topological polar surface area (TPSA) is 46.6 Å². The zero-order chi connectivity index (χ0) is 14.3. The second kappa shape index (κ2) is 7.56. The summed E-state index contributed by atoms with van der Waals surface area (Å²) in [5, 5.41) is 0. The van der Waals surface area contributed by atoms with Crippen LogP contribution < -0.4 is 4.90 Å². The summed E-state index contributed by atoms with van der Waals surface area (Å²) in [4.78, 5) is 25.2. The maximum Gasteiger partial charge on any atom is 0.306 e. The van der Waals surface area contributed by atoms with Crippen molar-refractivity contribution in [2.75, 3.05) is 25.6 Å². The van der Waals surface area contributed by atoms with E-state index in [4.69, 9.17) is 4.74 Å². The molecule has 0 atom stereocenters. The highest BCUT2D eigenvalue weighted by Crippen LogP contribution is 2.14. The van der Waals surface area contributed by atoms with Crippen molar-refractivity contribution >= 4 is 17.4 Å². The average Bonchev–Trinajstić information content (AvgIpc) is 2.42. The van der Waals surface area contributed by atoms with Crippen LogP contribution in [-0.4, -0.2) is 32.5 Å². The van der Waals surface area contributed by atoms with Gasteiger partial charge in [0.15, 0.2) is 5.78 Å². The molecule has 0 bridgehead atoms. The minimum Gasteiger partial charge on any atom is -0.466 e. The molecule has 19 heavy (non-hydrogen) atoms. The molecule has 0 saturated carbocycles. The number of anilines is 1. The molecule has 0 fully saturated rings. The highest BCUT2D eigenvalue weighted by molar-refractivity contribution is 5.97. The monoisotopic (exact) mass is 263 g/mol. The van der Waals surface area contributed by atoms with Crippen molar-refractivity contribution in [3.63, 3.8) is 0 Å². The van der Waals surface area contributed by atoms with Gasteiger partial charge in [-0.25, -0.2) is 0 Å². The first-order chi connectivity index (χ1) is 9.04. The molecule has 0 aromatic heterocycles. The number of ether oxygens (including phenoxy) is 1. The predicted octanol–water partition coefficient (Wildman–Crippen LogP) is 2.67. The summed E-state index contributed by atoms with van der Waals surface area (Å²) in [6.45, 7) is 2.36. The van der Waals surface area contributed by atoms with Gasteiger partial charge < -0.3 is 9.64 Å². The average molecular weight is 263 g/mol. The van der Waals surface area contributed by atoms with Gasteiger partial charge in [-0.1, -0.05) is 6.92 Å². The standard InChI is InChI=1S/C15H21NO3/c1-4-11-19-15(18)10-9-14(17)12-5-7-13(8-6-12)16(2)3/h5-8H,4,9-11H2,1-3H3. The molecule has 1 aromatic rings. The number of Topliss-reactive ketones (excluding diaryl/α,β-unsaturated/α-hetero) is 1. The minimum absolute atomic E-state index is 0.0289. The summed E-state index contributed by atoms with van der Waals surface area (Å²) in [5.74, 6) is -0.334. The molecule has 4 nitrogen and oxygen atoms in total. The van der Waals surface area contributed by atoms with Gasteiger partial charge in [0.25, 0.3) is 0 Å². The fraction of sp³-hybridized carbons (Fsp3) is 0.467. The molecule has 0 N–H and O–H groups in total. The van der Waals surface area contributed by atoms with E-state index in [0.717, 1.165) is 12.1 Å². The van der Waals surface area contributed by atoms with E-state index in [2.05, 4.69) is 0 Å². The van der Waals surface area contributed by atoms with E-state index >= 15 is 0 Å². The van der Waals surface area contributed by atoms with Crippen molar-refractivity contribution in [2.45, 2.75) is 26.2 Å². The molecule has 4 heteroatoms. The fourth-order valence-electron chi connectivity index (χ4n) is 1.59. The van der Waals surface area contributed by atoms with Gasteiger partial charge >= 0.3 is 5.97 Å². The number of benzene rings is 1. The van der Waals surface area contributed by atoms with E-state index in [1.165, 1.54) is 0 Å². The molecule has 0 radical (unpaired) electrons. The molecular formula is C15H21NO3. The van der Waals surface area contributed by atoms with E-state index in [1.54, 1.807) is 12.1 Å². The van der Waals surface area contributed by atoms with E-state index in [1.807, 2.05) is 38.1 Å². The van der Waals surface area contributed by atoms with Crippen LogP contribution >= 0.6 is 0 Å². The van der Waals surface area contributed by atoms with Crippen LogP contribution in [0.15, 0.2) is 24.3 Å². The maximum absolute atomic E-state index is 11.9. The Labute approximate surface area is 114 Å². The maximum atomic E-state index is 11.9. The van der Waals surface area contributed by atoms with Crippen molar-refractivity contribution in [3.8, 4) is 0 Å². The van der Waals surface area contributed by atoms with Gasteiger partial charge in [-0.05, 0) is 30.7 Å². The number of esters is 1. The van der Waals surface area contributed by atoms with Crippen LogP contribution in [-0.2, 0) is 9.53 Å². The Balaban J connectivity index is 2.47. The molecule has 1 rings (SSSR count). The van der Waals surface area contributed by atoms with Crippen molar-refractivity contribution in [1.29, 1.82) is 0 Å². The van der Waals surface area contributed by atoms with E-state index in [9.17, 15) is 9.59 Å². The van der Waals surface area contributed by atoms with Crippen molar-refractivity contribution in [1.82, 2.24) is 0 Å². The predicted molar refractivity (Wildman–Crippen MR) is 75.6 cm³/mol. The molecular weight excluding hydrogens is 242 g/mol. The summed E-state index contributed by atoms with van der Waals surface area (Å²) >= 11 is 0. The number of carbonyl (C=O) groups is 2. The lowest BCUT2D eigenvalue weighted by Gasteiger charge is -2.12. The summed E-state index contributed by atoms with van der Waals surface area (Å²) < 4.78 is 4.93. The smallest absolute Gasteiger partial charge is 0.306 e. The third-order valence-electron chi connectivity index (χ3n) is 2.73. The Hall–Kier alpha value is -1.84. The second-order valence-electron chi connectivity index (χ2n) is 4.58. The normalized spacial score (nSPS) is 10.1. The lowest BCUT2D eigenvalue weighted by atomic mass is 10.1. The zero-order valence-corrected chi connectivity index (χ0v) is 11.8. The van der Waals surface area contributed by atoms with Gasteiger partial charge in [0.2, 0.25) is 0 Å². The molecule has 0 spiro atoms. The number of hydrogen-bond acceptors (Lipinski definition) is 4. The lowest BCUT2D eigenvalue weighted by Crippen LogP contribution is -2.10. The molecule has 1 aromatic carbocycles. The van der Waals surface area contributed by atoms with Gasteiger partial charge in [-0.2, -0.15) is 0 Å². The van der Waals surface area contributed by atoms with Crippen LogP contribution in [0.2, 0.25) is 0 Å².